The molecule has 8 heteroatoms. The van der Waals surface area contributed by atoms with Crippen LogP contribution in [0.1, 0.15) is 22.3 Å². The largest absolute Gasteiger partial charge is 0.493 e. The van der Waals surface area contributed by atoms with Crippen LogP contribution in [0.4, 0.5) is 5.69 Å². The molecule has 1 amide bonds. The van der Waals surface area contributed by atoms with Crippen LogP contribution in [0.3, 0.4) is 0 Å². The van der Waals surface area contributed by atoms with Gasteiger partial charge < -0.3 is 14.2 Å². The van der Waals surface area contributed by atoms with Gasteiger partial charge in [0.25, 0.3) is 5.91 Å². The van der Waals surface area contributed by atoms with E-state index in [2.05, 4.69) is 11.9 Å². The van der Waals surface area contributed by atoms with E-state index in [-0.39, 0.29) is 28.4 Å². The molecule has 0 aliphatic rings. The molecule has 0 bridgehead atoms. The second-order valence-corrected chi connectivity index (χ2v) is 9.59. The van der Waals surface area contributed by atoms with E-state index in [1.807, 2.05) is 32.0 Å². The van der Waals surface area contributed by atoms with Gasteiger partial charge in [0.05, 0.1) is 7.11 Å². The first kappa shape index (κ1) is 26.3. The molecule has 0 aliphatic carbocycles. The van der Waals surface area contributed by atoms with Gasteiger partial charge in [-0.1, -0.05) is 41.5 Å². The van der Waals surface area contributed by atoms with Crippen molar-refractivity contribution in [3.63, 3.8) is 0 Å². The Morgan fingerprint density at radius 1 is 1.06 bits per heavy atom. The number of nitrogens with zero attached hydrogens (tertiary/aromatic N) is 1. The van der Waals surface area contributed by atoms with Gasteiger partial charge in [-0.2, -0.15) is 13.7 Å². The molecular weight excluding hydrogens is 476 g/mol. The van der Waals surface area contributed by atoms with Crippen LogP contribution >= 0.6 is 0 Å². The van der Waals surface area contributed by atoms with Crippen LogP contribution in [0.2, 0.25) is 0 Å². The summed E-state index contributed by atoms with van der Waals surface area (Å²) in [7, 11) is -2.77. The minimum atomic E-state index is -4.14. The third-order valence-corrected chi connectivity index (χ3v) is 6.46. The lowest BCUT2D eigenvalue weighted by Gasteiger charge is -2.16. The van der Waals surface area contributed by atoms with E-state index in [0.29, 0.717) is 16.8 Å². The summed E-state index contributed by atoms with van der Waals surface area (Å²) < 4.78 is 36.7. The van der Waals surface area contributed by atoms with Crippen LogP contribution in [-0.4, -0.2) is 21.4 Å². The lowest BCUT2D eigenvalue weighted by atomic mass is 10.0. The lowest BCUT2D eigenvalue weighted by Crippen LogP contribution is -2.13. The van der Waals surface area contributed by atoms with Gasteiger partial charge in [-0.25, -0.2) is 0 Å². The van der Waals surface area contributed by atoms with E-state index in [9.17, 15) is 18.5 Å². The molecule has 0 saturated heterocycles. The van der Waals surface area contributed by atoms with Crippen molar-refractivity contribution >= 4 is 27.8 Å². The number of carbonyl (C=O) groups excluding carboxylic acids is 1. The Morgan fingerprint density at radius 2 is 1.67 bits per heavy atom. The van der Waals surface area contributed by atoms with Gasteiger partial charge in [0.2, 0.25) is 0 Å². The number of benzene rings is 3. The normalized spacial score (nSPS) is 11.3. The van der Waals surface area contributed by atoms with E-state index in [0.717, 1.165) is 11.1 Å². The molecule has 3 aromatic carbocycles. The fraction of sp³-hybridized carbons (Fsp3) is 0.143. The third-order valence-electron chi connectivity index (χ3n) is 5.23. The van der Waals surface area contributed by atoms with E-state index < -0.39 is 16.0 Å². The van der Waals surface area contributed by atoms with Crippen LogP contribution in [0, 0.1) is 25.2 Å². The van der Waals surface area contributed by atoms with Gasteiger partial charge >= 0.3 is 10.1 Å². The average molecular weight is 503 g/mol. The first-order valence-electron chi connectivity index (χ1n) is 11.0. The molecule has 0 spiro atoms. The van der Waals surface area contributed by atoms with Gasteiger partial charge in [0.15, 0.2) is 11.5 Å². The minimum Gasteiger partial charge on any atom is -0.493 e. The Balaban J connectivity index is 1.98. The van der Waals surface area contributed by atoms with Crippen LogP contribution < -0.4 is 14.2 Å². The number of amides is 1. The van der Waals surface area contributed by atoms with Gasteiger partial charge in [-0.05, 0) is 68.3 Å². The minimum absolute atomic E-state index is 0.00298. The predicted molar refractivity (Wildman–Crippen MR) is 139 cm³/mol. The molecule has 0 heterocycles. The van der Waals surface area contributed by atoms with Crippen molar-refractivity contribution in [2.45, 2.75) is 25.2 Å². The summed E-state index contributed by atoms with van der Waals surface area (Å²) >= 11 is 0. The molecule has 184 valence electrons. The maximum absolute atomic E-state index is 12.9. The van der Waals surface area contributed by atoms with Crippen LogP contribution in [-0.2, 0) is 21.3 Å². The highest BCUT2D eigenvalue weighted by molar-refractivity contribution is 7.87. The van der Waals surface area contributed by atoms with E-state index in [4.69, 9.17) is 8.92 Å². The number of nitrogens with one attached hydrogen (secondary N) is 1. The topological polar surface area (TPSA) is 105 Å². The molecule has 7 nitrogen and oxygen atoms in total. The summed E-state index contributed by atoms with van der Waals surface area (Å²) in [6.45, 7) is 7.51. The number of allylic oxidation sites excluding steroid dienone is 1. The van der Waals surface area contributed by atoms with Crippen LogP contribution in [0.25, 0.3) is 6.08 Å². The van der Waals surface area contributed by atoms with Crippen LogP contribution in [0.5, 0.6) is 11.5 Å². The Hall–Kier alpha value is -4.35. The van der Waals surface area contributed by atoms with Gasteiger partial charge in [-0.15, -0.1) is 6.58 Å². The molecule has 36 heavy (non-hydrogen) atoms. The zero-order valence-corrected chi connectivity index (χ0v) is 21.1. The zero-order chi connectivity index (χ0) is 26.3. The van der Waals surface area contributed by atoms with E-state index in [1.165, 1.54) is 31.4 Å². The number of anilines is 1. The highest BCUT2D eigenvalue weighted by Crippen LogP contribution is 2.36. The smallest absolute Gasteiger partial charge is 0.339 e. The average Bonchev–Trinajstić information content (AvgIpc) is 2.85. The first-order chi connectivity index (χ1) is 17.2. The van der Waals surface area contributed by atoms with E-state index >= 15 is 0 Å². The summed E-state index contributed by atoms with van der Waals surface area (Å²) in [4.78, 5) is 12.7. The molecule has 3 aromatic rings. The summed E-state index contributed by atoms with van der Waals surface area (Å²) in [5.41, 5.74) is 3.29. The molecule has 0 fully saturated rings. The Labute approximate surface area is 211 Å². The molecule has 0 aliphatic heterocycles. The molecule has 0 radical (unpaired) electrons. The van der Waals surface area contributed by atoms with Crippen molar-refractivity contribution in [2.24, 2.45) is 0 Å². The fourth-order valence-electron chi connectivity index (χ4n) is 3.33. The number of carbonyl (C=O) groups is 1. The number of aryl methyl sites for hydroxylation is 2. The third kappa shape index (κ3) is 6.40. The zero-order valence-electron chi connectivity index (χ0n) is 20.2. The number of hydrogen-bond acceptors (Lipinski definition) is 6. The number of ether oxygens (including phenoxy) is 1. The van der Waals surface area contributed by atoms with Crippen LogP contribution in [0.15, 0.2) is 83.8 Å². The standard InChI is InChI=1S/C28H26N2O5S/c1-5-6-22-15-21(16-23(18-29)28(31)30-24-11-7-19(2)8-12-24)17-26(34-4)27(22)35-36(32,33)25-13-9-20(3)10-14-25/h5,7-17H,1,6H2,2-4H3,(H,30,31)/b23-16+. The SMILES string of the molecule is C=CCc1cc(/C=C(\C#N)C(=O)Nc2ccc(C)cc2)cc(OC)c1OS(=O)(=O)c1ccc(C)cc1. The summed E-state index contributed by atoms with van der Waals surface area (Å²) in [6, 6.07) is 18.5. The fourth-order valence-corrected chi connectivity index (χ4v) is 4.31. The molecule has 0 unspecified atom stereocenters. The van der Waals surface area contributed by atoms with Gasteiger partial charge in [0.1, 0.15) is 16.5 Å². The maximum Gasteiger partial charge on any atom is 0.339 e. The number of methoxy groups -OCH3 is 1. The molecular formula is C28H26N2O5S. The predicted octanol–water partition coefficient (Wildman–Crippen LogP) is 5.35. The quantitative estimate of drug-likeness (QED) is 0.183. The lowest BCUT2D eigenvalue weighted by molar-refractivity contribution is -0.112. The van der Waals surface area contributed by atoms with Gasteiger partial charge in [0, 0.05) is 11.3 Å². The van der Waals surface area contributed by atoms with Crippen molar-refractivity contribution in [3.8, 4) is 17.6 Å². The van der Waals surface area contributed by atoms with Gasteiger partial charge in [-0.3, -0.25) is 4.79 Å². The second-order valence-electron chi connectivity index (χ2n) is 8.04. The Kier molecular flexibility index (Phi) is 8.30. The molecule has 0 saturated carbocycles. The first-order valence-corrected chi connectivity index (χ1v) is 12.4. The monoisotopic (exact) mass is 502 g/mol. The molecule has 0 aromatic heterocycles. The van der Waals surface area contributed by atoms with Crippen molar-refractivity contribution in [2.75, 3.05) is 12.4 Å². The molecule has 3 rings (SSSR count). The van der Waals surface area contributed by atoms with Crippen molar-refractivity contribution in [1.29, 1.82) is 5.26 Å². The highest BCUT2D eigenvalue weighted by Gasteiger charge is 2.22. The number of rotatable bonds is 9. The number of hydrogen-bond donors (Lipinski definition) is 1. The summed E-state index contributed by atoms with van der Waals surface area (Å²) in [5, 5.41) is 12.3. The highest BCUT2D eigenvalue weighted by atomic mass is 32.2. The summed E-state index contributed by atoms with van der Waals surface area (Å²) in [5.74, 6) is -0.432. The number of nitriles is 1. The van der Waals surface area contributed by atoms with Crippen molar-refractivity contribution in [3.05, 3.63) is 101 Å². The van der Waals surface area contributed by atoms with E-state index in [1.54, 1.807) is 36.4 Å². The summed E-state index contributed by atoms with van der Waals surface area (Å²) in [6.07, 6.45) is 3.24. The molecule has 0 atom stereocenters. The Morgan fingerprint density at radius 3 is 2.22 bits per heavy atom. The maximum atomic E-state index is 12.9. The van der Waals surface area contributed by atoms with Crippen molar-refractivity contribution in [1.82, 2.24) is 0 Å². The molecule has 1 N–H and O–H groups in total. The van der Waals surface area contributed by atoms with Crippen molar-refractivity contribution < 1.29 is 22.1 Å². The Bertz CT molecular complexity index is 1450. The second kappa shape index (κ2) is 11.4.